The summed E-state index contributed by atoms with van der Waals surface area (Å²) in [5.74, 6) is 0.740. The number of ether oxygens (including phenoxy) is 1. The lowest BCUT2D eigenvalue weighted by atomic mass is 9.74. The van der Waals surface area contributed by atoms with Gasteiger partial charge in [0.25, 0.3) is 0 Å². The molecule has 0 aliphatic carbocycles. The molecular formula is C18H21FN4O. The number of guanidine groups is 1. The van der Waals surface area contributed by atoms with Crippen molar-refractivity contribution in [2.45, 2.75) is 18.3 Å². The third-order valence-electron chi connectivity index (χ3n) is 4.38. The molecule has 3 rings (SSSR count). The van der Waals surface area contributed by atoms with Crippen molar-refractivity contribution in [2.24, 2.45) is 10.7 Å². The molecule has 1 fully saturated rings. The number of aromatic nitrogens is 1. The van der Waals surface area contributed by atoms with Gasteiger partial charge in [-0.15, -0.1) is 0 Å². The number of benzene rings is 1. The van der Waals surface area contributed by atoms with E-state index in [9.17, 15) is 4.39 Å². The van der Waals surface area contributed by atoms with Gasteiger partial charge in [-0.3, -0.25) is 4.99 Å². The van der Waals surface area contributed by atoms with E-state index in [0.29, 0.717) is 31.5 Å². The maximum atomic E-state index is 13.2. The van der Waals surface area contributed by atoms with Gasteiger partial charge in [-0.2, -0.15) is 0 Å². The van der Waals surface area contributed by atoms with Gasteiger partial charge in [-0.1, -0.05) is 18.2 Å². The van der Waals surface area contributed by atoms with Crippen LogP contribution in [0.5, 0.6) is 0 Å². The lowest BCUT2D eigenvalue weighted by Crippen LogP contribution is -2.38. The third kappa shape index (κ3) is 3.89. The van der Waals surface area contributed by atoms with Crippen molar-refractivity contribution in [3.63, 3.8) is 0 Å². The van der Waals surface area contributed by atoms with Crippen LogP contribution in [0.3, 0.4) is 0 Å². The molecule has 1 aromatic carbocycles. The Morgan fingerprint density at radius 3 is 2.62 bits per heavy atom. The fourth-order valence-electron chi connectivity index (χ4n) is 2.95. The van der Waals surface area contributed by atoms with Crippen LogP contribution < -0.4 is 11.1 Å². The number of nitrogens with one attached hydrogen (secondary N) is 1. The van der Waals surface area contributed by atoms with Crippen molar-refractivity contribution >= 4 is 11.8 Å². The fourth-order valence-corrected chi connectivity index (χ4v) is 2.95. The predicted molar refractivity (Wildman–Crippen MR) is 92.5 cm³/mol. The van der Waals surface area contributed by atoms with Crippen LogP contribution in [0.4, 0.5) is 10.2 Å². The molecule has 2 heterocycles. The van der Waals surface area contributed by atoms with Crippen LogP contribution in [-0.4, -0.2) is 30.7 Å². The number of hydrogen-bond donors (Lipinski definition) is 2. The van der Waals surface area contributed by atoms with Crippen LogP contribution >= 0.6 is 0 Å². The second kappa shape index (κ2) is 7.40. The Balaban J connectivity index is 1.77. The van der Waals surface area contributed by atoms with E-state index in [1.165, 1.54) is 12.1 Å². The maximum absolute atomic E-state index is 13.2. The van der Waals surface area contributed by atoms with Crippen LogP contribution in [0.1, 0.15) is 18.4 Å². The van der Waals surface area contributed by atoms with Gasteiger partial charge in [-0.05, 0) is 42.7 Å². The number of anilines is 1. The Morgan fingerprint density at radius 1 is 1.21 bits per heavy atom. The summed E-state index contributed by atoms with van der Waals surface area (Å²) in [6, 6.07) is 12.2. The lowest BCUT2D eigenvalue weighted by molar-refractivity contribution is 0.0531. The third-order valence-corrected chi connectivity index (χ3v) is 4.38. The smallest absolute Gasteiger partial charge is 0.194 e. The summed E-state index contributed by atoms with van der Waals surface area (Å²) in [4.78, 5) is 8.67. The Labute approximate surface area is 140 Å². The zero-order valence-electron chi connectivity index (χ0n) is 13.4. The first-order chi connectivity index (χ1) is 11.7. The summed E-state index contributed by atoms with van der Waals surface area (Å²) in [6.07, 6.45) is 3.35. The molecule has 0 bridgehead atoms. The van der Waals surface area contributed by atoms with E-state index in [0.717, 1.165) is 18.4 Å². The van der Waals surface area contributed by atoms with E-state index in [1.54, 1.807) is 6.20 Å². The van der Waals surface area contributed by atoms with E-state index in [2.05, 4.69) is 15.3 Å². The average Bonchev–Trinajstić information content (AvgIpc) is 2.62. The van der Waals surface area contributed by atoms with E-state index < -0.39 is 0 Å². The lowest BCUT2D eigenvalue weighted by Gasteiger charge is -2.36. The van der Waals surface area contributed by atoms with E-state index in [1.807, 2.05) is 30.3 Å². The first kappa shape index (κ1) is 16.4. The number of rotatable bonds is 4. The molecule has 24 heavy (non-hydrogen) atoms. The molecule has 1 aliphatic rings. The zero-order chi connectivity index (χ0) is 16.8. The van der Waals surface area contributed by atoms with Gasteiger partial charge in [0, 0.05) is 24.8 Å². The molecule has 0 radical (unpaired) electrons. The summed E-state index contributed by atoms with van der Waals surface area (Å²) >= 11 is 0. The minimum Gasteiger partial charge on any atom is -0.381 e. The quantitative estimate of drug-likeness (QED) is 0.668. The van der Waals surface area contributed by atoms with Crippen LogP contribution in [-0.2, 0) is 10.2 Å². The standard InChI is InChI=1S/C18H21FN4O/c19-15-6-4-14(5-7-15)18(8-11-24-12-9-18)13-22-17(20)23-16-3-1-2-10-21-16/h1-7,10H,8-9,11-13H2,(H3,20,21,22,23). The van der Waals surface area contributed by atoms with Crippen LogP contribution in [0.25, 0.3) is 0 Å². The molecular weight excluding hydrogens is 307 g/mol. The molecule has 0 unspecified atom stereocenters. The van der Waals surface area contributed by atoms with Crippen LogP contribution in [0.15, 0.2) is 53.7 Å². The largest absolute Gasteiger partial charge is 0.381 e. The molecule has 0 spiro atoms. The molecule has 3 N–H and O–H groups in total. The second-order valence-corrected chi connectivity index (χ2v) is 5.94. The van der Waals surface area contributed by atoms with Gasteiger partial charge in [0.1, 0.15) is 11.6 Å². The monoisotopic (exact) mass is 328 g/mol. The highest BCUT2D eigenvalue weighted by molar-refractivity contribution is 5.91. The van der Waals surface area contributed by atoms with Crippen LogP contribution in [0, 0.1) is 5.82 Å². The summed E-state index contributed by atoms with van der Waals surface area (Å²) in [5.41, 5.74) is 6.88. The van der Waals surface area contributed by atoms with Crippen molar-refractivity contribution in [3.8, 4) is 0 Å². The van der Waals surface area contributed by atoms with Crippen LogP contribution in [0.2, 0.25) is 0 Å². The zero-order valence-corrected chi connectivity index (χ0v) is 13.4. The molecule has 1 aliphatic heterocycles. The molecule has 126 valence electrons. The topological polar surface area (TPSA) is 72.5 Å². The molecule has 1 saturated heterocycles. The predicted octanol–water partition coefficient (Wildman–Crippen LogP) is 2.70. The minimum absolute atomic E-state index is 0.178. The maximum Gasteiger partial charge on any atom is 0.194 e. The Hall–Kier alpha value is -2.47. The number of halogens is 1. The molecule has 0 saturated carbocycles. The Bertz CT molecular complexity index is 682. The number of pyridine rings is 1. The molecule has 2 aromatic rings. The normalized spacial score (nSPS) is 17.5. The van der Waals surface area contributed by atoms with E-state index in [-0.39, 0.29) is 11.2 Å². The van der Waals surface area contributed by atoms with Crippen molar-refractivity contribution in [1.29, 1.82) is 0 Å². The van der Waals surface area contributed by atoms with E-state index in [4.69, 9.17) is 10.5 Å². The number of hydrogen-bond acceptors (Lipinski definition) is 3. The molecule has 6 heteroatoms. The Morgan fingerprint density at radius 2 is 1.96 bits per heavy atom. The van der Waals surface area contributed by atoms with Crippen molar-refractivity contribution < 1.29 is 9.13 Å². The fraction of sp³-hybridized carbons (Fsp3) is 0.333. The molecule has 0 amide bonds. The van der Waals surface area contributed by atoms with E-state index >= 15 is 0 Å². The first-order valence-electron chi connectivity index (χ1n) is 8.00. The molecule has 1 aromatic heterocycles. The Kier molecular flexibility index (Phi) is 5.05. The summed E-state index contributed by atoms with van der Waals surface area (Å²) in [7, 11) is 0. The number of nitrogens with zero attached hydrogens (tertiary/aromatic N) is 2. The molecule has 5 nitrogen and oxygen atoms in total. The highest BCUT2D eigenvalue weighted by Gasteiger charge is 2.34. The van der Waals surface area contributed by atoms with Gasteiger partial charge < -0.3 is 15.8 Å². The number of nitrogens with two attached hydrogens (primary N) is 1. The molecule has 0 atom stereocenters. The van der Waals surface area contributed by atoms with Gasteiger partial charge in [0.05, 0.1) is 6.54 Å². The summed E-state index contributed by atoms with van der Waals surface area (Å²) in [6.45, 7) is 1.86. The number of aliphatic imine (C=N–C) groups is 1. The SMILES string of the molecule is NC(=NCC1(c2ccc(F)cc2)CCOCC1)Nc1ccccn1. The summed E-state index contributed by atoms with van der Waals surface area (Å²) in [5, 5.41) is 2.98. The highest BCUT2D eigenvalue weighted by atomic mass is 19.1. The van der Waals surface area contributed by atoms with Crippen molar-refractivity contribution in [3.05, 3.63) is 60.0 Å². The minimum atomic E-state index is -0.235. The first-order valence-corrected chi connectivity index (χ1v) is 8.00. The van der Waals surface area contributed by atoms with Gasteiger partial charge in [-0.25, -0.2) is 9.37 Å². The van der Waals surface area contributed by atoms with Gasteiger partial charge in [0.2, 0.25) is 0 Å². The summed E-state index contributed by atoms with van der Waals surface area (Å²) < 4.78 is 18.7. The van der Waals surface area contributed by atoms with Gasteiger partial charge >= 0.3 is 0 Å². The van der Waals surface area contributed by atoms with Crippen molar-refractivity contribution in [1.82, 2.24) is 4.98 Å². The highest BCUT2D eigenvalue weighted by Crippen LogP contribution is 2.35. The van der Waals surface area contributed by atoms with Gasteiger partial charge in [0.15, 0.2) is 5.96 Å². The average molecular weight is 328 g/mol. The van der Waals surface area contributed by atoms with Crippen molar-refractivity contribution in [2.75, 3.05) is 25.1 Å². The second-order valence-electron chi connectivity index (χ2n) is 5.94.